The van der Waals surface area contributed by atoms with E-state index >= 15 is 0 Å². The van der Waals surface area contributed by atoms with Gasteiger partial charge in [-0.15, -0.1) is 0 Å². The highest BCUT2D eigenvalue weighted by atomic mass is 16.5. The molecule has 7 nitrogen and oxygen atoms in total. The summed E-state index contributed by atoms with van der Waals surface area (Å²) in [5, 5.41) is 16.1. The zero-order valence-corrected chi connectivity index (χ0v) is 13.1. The molecule has 0 saturated heterocycles. The van der Waals surface area contributed by atoms with Gasteiger partial charge in [-0.3, -0.25) is 10.4 Å². The molecule has 0 bridgehead atoms. The fraction of sp³-hybridized carbons (Fsp3) is 0.375. The molecule has 1 aliphatic heterocycles. The van der Waals surface area contributed by atoms with E-state index in [4.69, 9.17) is 4.74 Å². The number of urea groups is 1. The van der Waals surface area contributed by atoms with Crippen LogP contribution in [-0.4, -0.2) is 36.4 Å². The Kier molecular flexibility index (Phi) is 4.77. The number of carbonyl (C=O) groups excluding carboxylic acids is 1. The van der Waals surface area contributed by atoms with Crippen molar-refractivity contribution in [3.8, 4) is 5.75 Å². The molecule has 1 aliphatic rings. The summed E-state index contributed by atoms with van der Waals surface area (Å²) in [5.41, 5.74) is 3.29. The number of methoxy groups -OCH3 is 1. The summed E-state index contributed by atoms with van der Waals surface area (Å²) in [7, 11) is 1.64. The highest BCUT2D eigenvalue weighted by Crippen LogP contribution is 2.19. The van der Waals surface area contributed by atoms with Crippen LogP contribution in [0.25, 0.3) is 0 Å². The van der Waals surface area contributed by atoms with Crippen molar-refractivity contribution in [3.05, 3.63) is 41.1 Å². The van der Waals surface area contributed by atoms with Crippen LogP contribution in [0.1, 0.15) is 16.8 Å². The Bertz CT molecular complexity index is 666. The fourth-order valence-electron chi connectivity index (χ4n) is 2.61. The minimum atomic E-state index is -0.230. The average molecular weight is 315 g/mol. The number of nitrogens with one attached hydrogen (secondary N) is 4. The number of fused-ring (bicyclic) bond motifs is 1. The van der Waals surface area contributed by atoms with Crippen molar-refractivity contribution >= 4 is 11.8 Å². The van der Waals surface area contributed by atoms with E-state index in [0.29, 0.717) is 12.4 Å². The fourth-order valence-corrected chi connectivity index (χ4v) is 2.61. The molecule has 2 amide bonds. The lowest BCUT2D eigenvalue weighted by Gasteiger charge is -2.13. The normalized spacial score (nSPS) is 13.3. The van der Waals surface area contributed by atoms with Crippen LogP contribution in [0.3, 0.4) is 0 Å². The van der Waals surface area contributed by atoms with Crippen LogP contribution in [0.15, 0.2) is 24.3 Å². The number of carbonyl (C=O) groups is 1. The van der Waals surface area contributed by atoms with Crippen LogP contribution in [-0.2, 0) is 19.4 Å². The molecule has 2 aromatic rings. The lowest BCUT2D eigenvalue weighted by atomic mass is 10.1. The number of aromatic amines is 1. The number of aromatic nitrogens is 2. The summed E-state index contributed by atoms with van der Waals surface area (Å²) in [6.45, 7) is 2.23. The van der Waals surface area contributed by atoms with Gasteiger partial charge in [0.1, 0.15) is 5.75 Å². The van der Waals surface area contributed by atoms with Gasteiger partial charge in [0.05, 0.1) is 12.8 Å². The van der Waals surface area contributed by atoms with Gasteiger partial charge >= 0.3 is 6.03 Å². The third-order valence-electron chi connectivity index (χ3n) is 3.90. The Morgan fingerprint density at radius 2 is 2.17 bits per heavy atom. The van der Waals surface area contributed by atoms with Crippen molar-refractivity contribution in [1.82, 2.24) is 20.8 Å². The highest BCUT2D eigenvalue weighted by molar-refractivity contribution is 5.89. The molecule has 0 fully saturated rings. The Balaban J connectivity index is 1.47. The summed E-state index contributed by atoms with van der Waals surface area (Å²) < 4.78 is 5.12. The van der Waals surface area contributed by atoms with Gasteiger partial charge in [-0.1, -0.05) is 12.1 Å². The Morgan fingerprint density at radius 3 is 2.96 bits per heavy atom. The smallest absolute Gasteiger partial charge is 0.320 e. The van der Waals surface area contributed by atoms with Gasteiger partial charge in [-0.25, -0.2) is 4.79 Å². The maximum absolute atomic E-state index is 12.0. The van der Waals surface area contributed by atoms with Crippen LogP contribution in [0, 0.1) is 0 Å². The number of anilines is 1. The first-order chi connectivity index (χ1) is 11.3. The Labute approximate surface area is 134 Å². The molecule has 2 heterocycles. The van der Waals surface area contributed by atoms with Crippen molar-refractivity contribution in [2.75, 3.05) is 25.5 Å². The SMILES string of the molecule is COc1ccc(CCNC(=O)Nc2n[nH]c3c2CCNC3)cc1. The van der Waals surface area contributed by atoms with Crippen LogP contribution in [0.5, 0.6) is 5.75 Å². The Morgan fingerprint density at radius 1 is 1.35 bits per heavy atom. The summed E-state index contributed by atoms with van der Waals surface area (Å²) in [4.78, 5) is 12.0. The predicted octanol–water partition coefficient (Wildman–Crippen LogP) is 1.43. The average Bonchev–Trinajstić information content (AvgIpc) is 2.99. The lowest BCUT2D eigenvalue weighted by Crippen LogP contribution is -2.31. The maximum atomic E-state index is 12.0. The van der Waals surface area contributed by atoms with E-state index in [2.05, 4.69) is 26.1 Å². The van der Waals surface area contributed by atoms with E-state index in [0.717, 1.165) is 48.5 Å². The molecule has 0 saturated carbocycles. The van der Waals surface area contributed by atoms with Gasteiger partial charge in [0.2, 0.25) is 0 Å². The van der Waals surface area contributed by atoms with Gasteiger partial charge in [-0.2, -0.15) is 5.10 Å². The van der Waals surface area contributed by atoms with Gasteiger partial charge in [-0.05, 0) is 37.1 Å². The third kappa shape index (κ3) is 3.81. The van der Waals surface area contributed by atoms with Crippen molar-refractivity contribution in [1.29, 1.82) is 0 Å². The van der Waals surface area contributed by atoms with Gasteiger partial charge in [0.15, 0.2) is 5.82 Å². The number of hydrogen-bond acceptors (Lipinski definition) is 4. The minimum absolute atomic E-state index is 0.230. The highest BCUT2D eigenvalue weighted by Gasteiger charge is 2.17. The number of H-pyrrole nitrogens is 1. The third-order valence-corrected chi connectivity index (χ3v) is 3.90. The van der Waals surface area contributed by atoms with Gasteiger partial charge in [0.25, 0.3) is 0 Å². The second-order valence-corrected chi connectivity index (χ2v) is 5.44. The molecule has 0 radical (unpaired) electrons. The molecular formula is C16H21N5O2. The summed E-state index contributed by atoms with van der Waals surface area (Å²) in [6.07, 6.45) is 1.63. The standard InChI is InChI=1S/C16H21N5O2/c1-23-12-4-2-11(3-5-12)6-9-18-16(22)19-15-13-7-8-17-10-14(13)20-21-15/h2-5,17H,6-10H2,1H3,(H3,18,19,20,21,22). The van der Waals surface area contributed by atoms with Crippen molar-refractivity contribution in [2.45, 2.75) is 19.4 Å². The van der Waals surface area contributed by atoms with Crippen LogP contribution >= 0.6 is 0 Å². The molecule has 0 spiro atoms. The van der Waals surface area contributed by atoms with E-state index in [1.54, 1.807) is 7.11 Å². The second kappa shape index (κ2) is 7.15. The van der Waals surface area contributed by atoms with E-state index in [9.17, 15) is 4.79 Å². The van der Waals surface area contributed by atoms with Crippen molar-refractivity contribution in [3.63, 3.8) is 0 Å². The first kappa shape index (κ1) is 15.4. The van der Waals surface area contributed by atoms with E-state index in [-0.39, 0.29) is 6.03 Å². The zero-order chi connectivity index (χ0) is 16.1. The number of ether oxygens (including phenoxy) is 1. The number of hydrogen-bond donors (Lipinski definition) is 4. The number of nitrogens with zero attached hydrogens (tertiary/aromatic N) is 1. The number of benzene rings is 1. The molecule has 1 aromatic carbocycles. The molecule has 0 unspecified atom stereocenters. The quantitative estimate of drug-likeness (QED) is 0.672. The van der Waals surface area contributed by atoms with E-state index < -0.39 is 0 Å². The van der Waals surface area contributed by atoms with Gasteiger partial charge in [0, 0.05) is 18.7 Å². The first-order valence-corrected chi connectivity index (χ1v) is 7.71. The van der Waals surface area contributed by atoms with Crippen LogP contribution in [0.4, 0.5) is 10.6 Å². The summed E-state index contributed by atoms with van der Waals surface area (Å²) in [5.74, 6) is 1.46. The van der Waals surface area contributed by atoms with Crippen molar-refractivity contribution in [2.24, 2.45) is 0 Å². The van der Waals surface area contributed by atoms with Gasteiger partial charge < -0.3 is 15.4 Å². The predicted molar refractivity (Wildman–Crippen MR) is 87.7 cm³/mol. The first-order valence-electron chi connectivity index (χ1n) is 7.71. The monoisotopic (exact) mass is 315 g/mol. The second-order valence-electron chi connectivity index (χ2n) is 5.44. The molecular weight excluding hydrogens is 294 g/mol. The van der Waals surface area contributed by atoms with Crippen molar-refractivity contribution < 1.29 is 9.53 Å². The minimum Gasteiger partial charge on any atom is -0.497 e. The molecule has 0 atom stereocenters. The topological polar surface area (TPSA) is 91.1 Å². The molecule has 0 aliphatic carbocycles. The van der Waals surface area contributed by atoms with E-state index in [1.165, 1.54) is 0 Å². The largest absolute Gasteiger partial charge is 0.497 e. The van der Waals surface area contributed by atoms with E-state index in [1.807, 2.05) is 24.3 Å². The molecule has 23 heavy (non-hydrogen) atoms. The molecule has 7 heteroatoms. The molecule has 1 aromatic heterocycles. The molecule has 122 valence electrons. The zero-order valence-electron chi connectivity index (χ0n) is 13.1. The summed E-state index contributed by atoms with van der Waals surface area (Å²) >= 11 is 0. The maximum Gasteiger partial charge on any atom is 0.320 e. The lowest BCUT2D eigenvalue weighted by molar-refractivity contribution is 0.252. The summed E-state index contributed by atoms with van der Waals surface area (Å²) in [6, 6.07) is 7.59. The molecule has 4 N–H and O–H groups in total. The van der Waals surface area contributed by atoms with Crippen LogP contribution < -0.4 is 20.7 Å². The number of amides is 2. The van der Waals surface area contributed by atoms with Crippen LogP contribution in [0.2, 0.25) is 0 Å². The Hall–Kier alpha value is -2.54. The molecule has 3 rings (SSSR count). The number of rotatable bonds is 5.